The van der Waals surface area contributed by atoms with Gasteiger partial charge in [-0.05, 0) is 0 Å². The summed E-state index contributed by atoms with van der Waals surface area (Å²) in [4.78, 5) is 0. The fourth-order valence-electron chi connectivity index (χ4n) is 0. The van der Waals surface area contributed by atoms with Crippen molar-refractivity contribution in [3.63, 3.8) is 0 Å². The maximum absolute atomic E-state index is 0. The van der Waals surface area contributed by atoms with Crippen molar-refractivity contribution >= 4 is 0 Å². The van der Waals surface area contributed by atoms with Gasteiger partial charge in [0.15, 0.2) is 0 Å². The summed E-state index contributed by atoms with van der Waals surface area (Å²) in [5, 5.41) is 0. The van der Waals surface area contributed by atoms with Gasteiger partial charge in [0.2, 0.25) is 0 Å². The molecule has 0 N–H and O–H groups in total. The van der Waals surface area contributed by atoms with E-state index in [4.69, 9.17) is 0 Å². The molecule has 0 aromatic heterocycles. The molecule has 0 bridgehead atoms. The zero-order chi connectivity index (χ0) is 0. The molecule has 0 aromatic carbocycles. The SMILES string of the molecule is [Ru].[Ru].[Y].[Y].[Y]. The van der Waals surface area contributed by atoms with E-state index in [2.05, 4.69) is 0 Å². The third-order valence-corrected chi connectivity index (χ3v) is 0. The first kappa shape index (κ1) is 33.7. The minimum Gasteiger partial charge on any atom is 0 e. The number of hydrogen-bond acceptors (Lipinski definition) is 0. The molecule has 0 nitrogen and oxygen atoms in total. The fraction of sp³-hybridized carbons (Fsp3) is 0. The van der Waals surface area contributed by atoms with Crippen molar-refractivity contribution in [2.75, 3.05) is 0 Å². The van der Waals surface area contributed by atoms with E-state index in [1.807, 2.05) is 0 Å². The van der Waals surface area contributed by atoms with E-state index in [-0.39, 0.29) is 137 Å². The van der Waals surface area contributed by atoms with E-state index in [0.717, 1.165) is 0 Å². The second-order valence-electron chi connectivity index (χ2n) is 0. The van der Waals surface area contributed by atoms with Crippen LogP contribution in [0.3, 0.4) is 0 Å². The molecular weight excluding hydrogens is 469 g/mol. The Bertz CT molecular complexity index is 4.85. The molecule has 3 radical (unpaired) electrons. The largest absolute Gasteiger partial charge is 0 e. The predicted molar refractivity (Wildman–Crippen MR) is 0 cm³/mol. The van der Waals surface area contributed by atoms with E-state index < -0.39 is 0 Å². The smallest absolute Gasteiger partial charge is 0 e. The topological polar surface area (TPSA) is 0 Å². The molecule has 0 aromatic rings. The Labute approximate surface area is 133 Å². The molecule has 0 spiro atoms. The van der Waals surface area contributed by atoms with E-state index in [1.165, 1.54) is 0 Å². The Morgan fingerprint density at radius 3 is 0.400 bits per heavy atom. The molecule has 0 aliphatic rings. The van der Waals surface area contributed by atoms with Crippen LogP contribution in [-0.2, 0) is 137 Å². The summed E-state index contributed by atoms with van der Waals surface area (Å²) >= 11 is 0. The molecule has 25 valence electrons. The van der Waals surface area contributed by atoms with Gasteiger partial charge in [-0.2, -0.15) is 0 Å². The van der Waals surface area contributed by atoms with Crippen molar-refractivity contribution in [1.29, 1.82) is 0 Å². The zero-order valence-electron chi connectivity index (χ0n) is 2.44. The van der Waals surface area contributed by atoms with Crippen molar-refractivity contribution in [3.05, 3.63) is 0 Å². The summed E-state index contributed by atoms with van der Waals surface area (Å²) in [5.74, 6) is 0. The van der Waals surface area contributed by atoms with Crippen molar-refractivity contribution in [1.82, 2.24) is 0 Å². The molecule has 5 heavy (non-hydrogen) atoms. The fourth-order valence-corrected chi connectivity index (χ4v) is 0. The maximum Gasteiger partial charge on any atom is 0 e. The second kappa shape index (κ2) is 23.5. The van der Waals surface area contributed by atoms with E-state index in [9.17, 15) is 0 Å². The molecule has 0 fully saturated rings. The van der Waals surface area contributed by atoms with Crippen LogP contribution in [-0.4, -0.2) is 0 Å². The van der Waals surface area contributed by atoms with Crippen molar-refractivity contribution in [2.45, 2.75) is 0 Å². The van der Waals surface area contributed by atoms with Gasteiger partial charge in [0, 0.05) is 137 Å². The zero-order valence-corrected chi connectivity index (χ0v) is 14.4. The van der Waals surface area contributed by atoms with Crippen LogP contribution in [0, 0.1) is 0 Å². The Morgan fingerprint density at radius 2 is 0.400 bits per heavy atom. The van der Waals surface area contributed by atoms with Gasteiger partial charge in [-0.25, -0.2) is 0 Å². The van der Waals surface area contributed by atoms with Crippen LogP contribution in [0.4, 0.5) is 0 Å². The average molecular weight is 469 g/mol. The van der Waals surface area contributed by atoms with Gasteiger partial charge in [-0.15, -0.1) is 0 Å². The maximum atomic E-state index is 0. The molecule has 0 atom stereocenters. The van der Waals surface area contributed by atoms with Gasteiger partial charge >= 0.3 is 0 Å². The molecule has 0 saturated carbocycles. The quantitative estimate of drug-likeness (QED) is 0.439. The number of rotatable bonds is 0. The molecule has 5 heteroatoms. The van der Waals surface area contributed by atoms with E-state index >= 15 is 0 Å². The van der Waals surface area contributed by atoms with Gasteiger partial charge in [-0.1, -0.05) is 0 Å². The molecule has 0 rings (SSSR count). The van der Waals surface area contributed by atoms with Crippen molar-refractivity contribution < 1.29 is 137 Å². The first-order valence-corrected chi connectivity index (χ1v) is 0. The molecule has 0 unspecified atom stereocenters. The van der Waals surface area contributed by atoms with E-state index in [1.54, 1.807) is 0 Å². The average Bonchev–Trinajstić information content (AvgIpc) is 0. The Morgan fingerprint density at radius 1 is 0.400 bits per heavy atom. The van der Waals surface area contributed by atoms with Gasteiger partial charge in [-0.3, -0.25) is 0 Å². The van der Waals surface area contributed by atoms with Crippen LogP contribution in [0.25, 0.3) is 0 Å². The van der Waals surface area contributed by atoms with Crippen LogP contribution in [0.2, 0.25) is 0 Å². The van der Waals surface area contributed by atoms with Crippen molar-refractivity contribution in [2.24, 2.45) is 0 Å². The first-order chi connectivity index (χ1) is 0. The van der Waals surface area contributed by atoms with Crippen LogP contribution < -0.4 is 0 Å². The van der Waals surface area contributed by atoms with E-state index in [0.29, 0.717) is 0 Å². The monoisotopic (exact) mass is 471 g/mol. The summed E-state index contributed by atoms with van der Waals surface area (Å²) in [6.07, 6.45) is 0. The minimum atomic E-state index is 0. The van der Waals surface area contributed by atoms with Crippen LogP contribution in [0.5, 0.6) is 0 Å². The summed E-state index contributed by atoms with van der Waals surface area (Å²) in [5.41, 5.74) is 0. The third kappa shape index (κ3) is 17.7. The minimum absolute atomic E-state index is 0. The molecule has 0 aliphatic carbocycles. The Hall–Kier alpha value is 4.56. The van der Waals surface area contributed by atoms with Crippen LogP contribution >= 0.6 is 0 Å². The standard InChI is InChI=1S/2Ru.3Y. The second-order valence-corrected chi connectivity index (χ2v) is 0. The van der Waals surface area contributed by atoms with Gasteiger partial charge in [0.05, 0.1) is 0 Å². The molecular formula is Ru2Y3. The normalized spacial score (nSPS) is 0. The first-order valence-electron chi connectivity index (χ1n) is 0. The van der Waals surface area contributed by atoms with Gasteiger partial charge < -0.3 is 0 Å². The predicted octanol–water partition coefficient (Wildman–Crippen LogP) is -0.0125. The summed E-state index contributed by atoms with van der Waals surface area (Å²) in [7, 11) is 0. The molecule has 0 amide bonds. The Kier molecular flexibility index (Phi) is 159. The summed E-state index contributed by atoms with van der Waals surface area (Å²) in [6.45, 7) is 0. The van der Waals surface area contributed by atoms with Gasteiger partial charge in [0.1, 0.15) is 0 Å². The third-order valence-electron chi connectivity index (χ3n) is 0. The molecule has 0 saturated heterocycles. The van der Waals surface area contributed by atoms with Crippen LogP contribution in [0.1, 0.15) is 0 Å². The molecule has 0 aliphatic heterocycles. The molecule has 0 heterocycles. The summed E-state index contributed by atoms with van der Waals surface area (Å²) < 4.78 is 0. The van der Waals surface area contributed by atoms with Crippen molar-refractivity contribution in [3.8, 4) is 0 Å². The Balaban J connectivity index is 0. The van der Waals surface area contributed by atoms with Gasteiger partial charge in [0.25, 0.3) is 0 Å². The van der Waals surface area contributed by atoms with Crippen LogP contribution in [0.15, 0.2) is 0 Å². The summed E-state index contributed by atoms with van der Waals surface area (Å²) in [6, 6.07) is 0. The number of hydrogen-bond donors (Lipinski definition) is 0.